The number of rotatable bonds is 8. The van der Waals surface area contributed by atoms with Crippen LogP contribution in [-0.2, 0) is 4.79 Å². The maximum Gasteiger partial charge on any atom is 0.251 e. The maximum atomic E-state index is 12.5. The Hall–Kier alpha value is -3.19. The third-order valence-electron chi connectivity index (χ3n) is 4.29. The monoisotopic (exact) mass is 383 g/mol. The van der Waals surface area contributed by atoms with Crippen LogP contribution in [0.15, 0.2) is 54.6 Å². The Morgan fingerprint density at radius 1 is 1.00 bits per heavy atom. The van der Waals surface area contributed by atoms with Gasteiger partial charge >= 0.3 is 0 Å². The van der Waals surface area contributed by atoms with Gasteiger partial charge in [0.2, 0.25) is 11.8 Å². The topological polar surface area (TPSA) is 122 Å². The third-order valence-corrected chi connectivity index (χ3v) is 4.29. The molecule has 7 heteroatoms. The van der Waals surface area contributed by atoms with Crippen LogP contribution in [0.1, 0.15) is 46.2 Å². The van der Waals surface area contributed by atoms with Crippen molar-refractivity contribution in [3.63, 3.8) is 0 Å². The van der Waals surface area contributed by atoms with E-state index in [0.29, 0.717) is 0 Å². The fourth-order valence-corrected chi connectivity index (χ4v) is 2.61. The molecule has 0 aliphatic carbocycles. The Balaban J connectivity index is 2.12. The lowest BCUT2D eigenvalue weighted by Crippen LogP contribution is -2.43. The molecule has 0 aliphatic heterocycles. The van der Waals surface area contributed by atoms with Crippen molar-refractivity contribution >= 4 is 17.7 Å². The van der Waals surface area contributed by atoms with E-state index < -0.39 is 29.9 Å². The average Bonchev–Trinajstić information content (AvgIpc) is 2.70. The largest absolute Gasteiger partial charge is 0.383 e. The van der Waals surface area contributed by atoms with Gasteiger partial charge in [-0.1, -0.05) is 50.2 Å². The highest BCUT2D eigenvalue weighted by molar-refractivity contribution is 5.99. The fourth-order valence-electron chi connectivity index (χ4n) is 2.61. The highest BCUT2D eigenvalue weighted by Crippen LogP contribution is 2.14. The van der Waals surface area contributed by atoms with E-state index in [1.54, 1.807) is 26.0 Å². The summed E-state index contributed by atoms with van der Waals surface area (Å²) in [6.07, 6.45) is -1.14. The Kier molecular flexibility index (Phi) is 7.28. The summed E-state index contributed by atoms with van der Waals surface area (Å²) in [6, 6.07) is 14.7. The number of carbonyl (C=O) groups excluding carboxylic acids is 3. The lowest BCUT2D eigenvalue weighted by Gasteiger charge is -2.23. The minimum atomic E-state index is -1.14. The molecule has 3 amide bonds. The zero-order valence-electron chi connectivity index (χ0n) is 15.9. The fraction of sp³-hybridized carbons (Fsp3) is 0.286. The van der Waals surface area contributed by atoms with Crippen LogP contribution in [0.4, 0.5) is 0 Å². The molecule has 0 bridgehead atoms. The molecule has 0 saturated carbocycles. The molecule has 0 radical (unpaired) electrons. The number of primary amides is 1. The second-order valence-electron chi connectivity index (χ2n) is 6.82. The first-order valence-corrected chi connectivity index (χ1v) is 9.01. The van der Waals surface area contributed by atoms with Crippen LogP contribution in [0.3, 0.4) is 0 Å². The zero-order valence-corrected chi connectivity index (χ0v) is 15.9. The summed E-state index contributed by atoms with van der Waals surface area (Å²) in [5.41, 5.74) is 6.56. The van der Waals surface area contributed by atoms with E-state index in [2.05, 4.69) is 10.6 Å². The Morgan fingerprint density at radius 3 is 2.25 bits per heavy atom. The van der Waals surface area contributed by atoms with Gasteiger partial charge in [-0.15, -0.1) is 0 Å². The van der Waals surface area contributed by atoms with E-state index in [9.17, 15) is 19.5 Å². The molecule has 5 N–H and O–H groups in total. The van der Waals surface area contributed by atoms with Gasteiger partial charge in [0.1, 0.15) is 6.10 Å². The first-order valence-electron chi connectivity index (χ1n) is 9.01. The molecule has 2 rings (SSSR count). The first kappa shape index (κ1) is 21.1. The summed E-state index contributed by atoms with van der Waals surface area (Å²) >= 11 is 0. The van der Waals surface area contributed by atoms with E-state index in [0.717, 1.165) is 5.56 Å². The average molecular weight is 383 g/mol. The molecule has 0 saturated heterocycles. The van der Waals surface area contributed by atoms with Crippen molar-refractivity contribution in [1.82, 2.24) is 10.6 Å². The second-order valence-corrected chi connectivity index (χ2v) is 6.82. The van der Waals surface area contributed by atoms with E-state index >= 15 is 0 Å². The minimum Gasteiger partial charge on any atom is -0.383 e. The quantitative estimate of drug-likeness (QED) is 0.550. The number of nitrogens with one attached hydrogen (secondary N) is 2. The number of nitrogens with two attached hydrogens (primary N) is 1. The minimum absolute atomic E-state index is 0.111. The van der Waals surface area contributed by atoms with E-state index in [-0.39, 0.29) is 23.6 Å². The van der Waals surface area contributed by atoms with Crippen LogP contribution in [0.25, 0.3) is 0 Å². The predicted molar refractivity (Wildman–Crippen MR) is 105 cm³/mol. The molecule has 1 unspecified atom stereocenters. The summed E-state index contributed by atoms with van der Waals surface area (Å²) < 4.78 is 0. The maximum absolute atomic E-state index is 12.5. The molecule has 0 aromatic heterocycles. The molecule has 7 nitrogen and oxygen atoms in total. The smallest absolute Gasteiger partial charge is 0.251 e. The van der Waals surface area contributed by atoms with Gasteiger partial charge in [0.05, 0.1) is 6.04 Å². The van der Waals surface area contributed by atoms with Crippen LogP contribution in [0.2, 0.25) is 0 Å². The predicted octanol–water partition coefficient (Wildman–Crippen LogP) is 1.39. The zero-order chi connectivity index (χ0) is 20.7. The lowest BCUT2D eigenvalue weighted by atomic mass is 10.0. The molecule has 0 heterocycles. The molecular formula is C21H25N3O4. The van der Waals surface area contributed by atoms with Gasteiger partial charge in [-0.25, -0.2) is 0 Å². The van der Waals surface area contributed by atoms with Gasteiger partial charge in [0.25, 0.3) is 5.91 Å². The number of hydrogen-bond donors (Lipinski definition) is 4. The summed E-state index contributed by atoms with van der Waals surface area (Å²) in [7, 11) is 0. The summed E-state index contributed by atoms with van der Waals surface area (Å²) in [5.74, 6) is -1.76. The first-order chi connectivity index (χ1) is 13.3. The van der Waals surface area contributed by atoms with Crippen molar-refractivity contribution in [2.75, 3.05) is 6.54 Å². The van der Waals surface area contributed by atoms with E-state index in [1.165, 1.54) is 12.1 Å². The molecule has 28 heavy (non-hydrogen) atoms. The SMILES string of the molecule is CC(C)[C@@H](O)C(=O)NC(CNC(=O)c1cccc(C(N)=O)c1)c1ccccc1. The van der Waals surface area contributed by atoms with Crippen molar-refractivity contribution in [3.8, 4) is 0 Å². The Labute approximate surface area is 163 Å². The molecule has 0 spiro atoms. The van der Waals surface area contributed by atoms with Gasteiger partial charge in [-0.05, 0) is 29.7 Å². The molecule has 2 aromatic rings. The summed E-state index contributed by atoms with van der Waals surface area (Å²) in [5, 5.41) is 15.5. The molecule has 2 atom stereocenters. The van der Waals surface area contributed by atoms with Gasteiger partial charge < -0.3 is 21.5 Å². The normalized spacial score (nSPS) is 12.9. The van der Waals surface area contributed by atoms with Crippen molar-refractivity contribution in [3.05, 3.63) is 71.3 Å². The molecule has 148 valence electrons. The third kappa shape index (κ3) is 5.65. The molecule has 0 aliphatic rings. The standard InChI is InChI=1S/C21H25N3O4/c1-13(2)18(25)21(28)24-17(14-7-4-3-5-8-14)12-23-20(27)16-10-6-9-15(11-16)19(22)26/h3-11,13,17-18,25H,12H2,1-2H3,(H2,22,26)(H,23,27)(H,24,28)/t17?,18-/m1/s1. The van der Waals surface area contributed by atoms with Crippen LogP contribution in [0, 0.1) is 5.92 Å². The number of benzene rings is 2. The number of carbonyl (C=O) groups is 3. The van der Waals surface area contributed by atoms with Gasteiger partial charge in [-0.2, -0.15) is 0 Å². The van der Waals surface area contributed by atoms with Crippen molar-refractivity contribution in [2.24, 2.45) is 11.7 Å². The van der Waals surface area contributed by atoms with Crippen LogP contribution < -0.4 is 16.4 Å². The molecule has 2 aromatic carbocycles. The van der Waals surface area contributed by atoms with Crippen molar-refractivity contribution in [1.29, 1.82) is 0 Å². The van der Waals surface area contributed by atoms with Gasteiger partial charge in [-0.3, -0.25) is 14.4 Å². The Bertz CT molecular complexity index is 837. The summed E-state index contributed by atoms with van der Waals surface area (Å²) in [4.78, 5) is 36.0. The summed E-state index contributed by atoms with van der Waals surface area (Å²) in [6.45, 7) is 3.60. The van der Waals surface area contributed by atoms with E-state index in [1.807, 2.05) is 30.3 Å². The van der Waals surface area contributed by atoms with Crippen molar-refractivity contribution in [2.45, 2.75) is 26.0 Å². The lowest BCUT2D eigenvalue weighted by molar-refractivity contribution is -0.132. The van der Waals surface area contributed by atoms with Gasteiger partial charge in [0, 0.05) is 17.7 Å². The number of amides is 3. The van der Waals surface area contributed by atoms with Crippen molar-refractivity contribution < 1.29 is 19.5 Å². The number of aliphatic hydroxyl groups excluding tert-OH is 1. The van der Waals surface area contributed by atoms with Crippen LogP contribution >= 0.6 is 0 Å². The number of hydrogen-bond acceptors (Lipinski definition) is 4. The molecular weight excluding hydrogens is 358 g/mol. The second kappa shape index (κ2) is 9.66. The van der Waals surface area contributed by atoms with Gasteiger partial charge in [0.15, 0.2) is 0 Å². The number of aliphatic hydroxyl groups is 1. The Morgan fingerprint density at radius 2 is 1.64 bits per heavy atom. The van der Waals surface area contributed by atoms with E-state index in [4.69, 9.17) is 5.73 Å². The van der Waals surface area contributed by atoms with Crippen LogP contribution in [0.5, 0.6) is 0 Å². The molecule has 0 fully saturated rings. The highest BCUT2D eigenvalue weighted by atomic mass is 16.3. The highest BCUT2D eigenvalue weighted by Gasteiger charge is 2.23. The van der Waals surface area contributed by atoms with Crippen LogP contribution in [-0.4, -0.2) is 35.5 Å².